The van der Waals surface area contributed by atoms with Crippen LogP contribution in [0.4, 0.5) is 5.13 Å². The van der Waals surface area contributed by atoms with Crippen LogP contribution >= 0.6 is 11.3 Å². The van der Waals surface area contributed by atoms with Gasteiger partial charge in [0.2, 0.25) is 0 Å². The fraction of sp³-hybridized carbons (Fsp3) is 0.700. The van der Waals surface area contributed by atoms with E-state index in [1.54, 1.807) is 0 Å². The van der Waals surface area contributed by atoms with Crippen LogP contribution in [0.3, 0.4) is 0 Å². The molecule has 3 nitrogen and oxygen atoms in total. The molecule has 0 atom stereocenters. The Balaban J connectivity index is 1.74. The molecule has 1 heterocycles. The SMILES string of the molecule is CCOC1CC(Cc2csc(N)n2)C1. The molecule has 1 aliphatic carbocycles. The largest absolute Gasteiger partial charge is 0.378 e. The van der Waals surface area contributed by atoms with Crippen LogP contribution in [0.2, 0.25) is 0 Å². The molecule has 2 rings (SSSR count). The van der Waals surface area contributed by atoms with Gasteiger partial charge in [-0.1, -0.05) is 0 Å². The minimum Gasteiger partial charge on any atom is -0.378 e. The fourth-order valence-electron chi connectivity index (χ4n) is 1.93. The van der Waals surface area contributed by atoms with Gasteiger partial charge < -0.3 is 10.5 Å². The summed E-state index contributed by atoms with van der Waals surface area (Å²) in [6, 6.07) is 0. The molecular weight excluding hydrogens is 196 g/mol. The number of anilines is 1. The topological polar surface area (TPSA) is 48.1 Å². The van der Waals surface area contributed by atoms with Crippen molar-refractivity contribution in [2.75, 3.05) is 12.3 Å². The Bertz CT molecular complexity index is 294. The number of nitrogens with two attached hydrogens (primary N) is 1. The van der Waals surface area contributed by atoms with E-state index >= 15 is 0 Å². The van der Waals surface area contributed by atoms with Crippen LogP contribution in [0.5, 0.6) is 0 Å². The Kier molecular flexibility index (Phi) is 3.03. The van der Waals surface area contributed by atoms with Gasteiger partial charge in [-0.2, -0.15) is 0 Å². The van der Waals surface area contributed by atoms with Crippen molar-refractivity contribution in [3.8, 4) is 0 Å². The summed E-state index contributed by atoms with van der Waals surface area (Å²) in [5, 5.41) is 2.74. The lowest BCUT2D eigenvalue weighted by Crippen LogP contribution is -2.32. The maximum Gasteiger partial charge on any atom is 0.180 e. The fourth-order valence-corrected chi connectivity index (χ4v) is 2.50. The minimum atomic E-state index is 0.501. The first-order chi connectivity index (χ1) is 6.78. The summed E-state index contributed by atoms with van der Waals surface area (Å²) in [7, 11) is 0. The lowest BCUT2D eigenvalue weighted by atomic mass is 9.79. The second-order valence-corrected chi connectivity index (χ2v) is 4.69. The Morgan fingerprint density at radius 1 is 1.64 bits per heavy atom. The highest BCUT2D eigenvalue weighted by molar-refractivity contribution is 7.13. The van der Waals surface area contributed by atoms with E-state index in [0.717, 1.165) is 24.6 Å². The predicted octanol–water partition coefficient (Wildman–Crippen LogP) is 2.08. The molecular formula is C10H16N2OS. The molecule has 1 aromatic rings. The zero-order valence-electron chi connectivity index (χ0n) is 8.40. The van der Waals surface area contributed by atoms with Gasteiger partial charge in [-0.3, -0.25) is 0 Å². The summed E-state index contributed by atoms with van der Waals surface area (Å²) in [5.74, 6) is 0.757. The van der Waals surface area contributed by atoms with Crippen LogP contribution in [0.25, 0.3) is 0 Å². The number of nitrogen functional groups attached to an aromatic ring is 1. The number of thiazole rings is 1. The third-order valence-corrected chi connectivity index (χ3v) is 3.38. The van der Waals surface area contributed by atoms with Crippen molar-refractivity contribution in [2.45, 2.75) is 32.3 Å². The smallest absolute Gasteiger partial charge is 0.180 e. The molecule has 1 aliphatic rings. The molecule has 78 valence electrons. The molecule has 0 radical (unpaired) electrons. The number of ether oxygens (including phenoxy) is 1. The molecule has 1 fully saturated rings. The van der Waals surface area contributed by atoms with E-state index in [0.29, 0.717) is 11.2 Å². The van der Waals surface area contributed by atoms with E-state index in [4.69, 9.17) is 10.5 Å². The van der Waals surface area contributed by atoms with Crippen LogP contribution in [-0.2, 0) is 11.2 Å². The second kappa shape index (κ2) is 4.28. The molecule has 14 heavy (non-hydrogen) atoms. The highest BCUT2D eigenvalue weighted by atomic mass is 32.1. The number of hydrogen-bond acceptors (Lipinski definition) is 4. The molecule has 0 unspecified atom stereocenters. The summed E-state index contributed by atoms with van der Waals surface area (Å²) in [5.41, 5.74) is 6.72. The van der Waals surface area contributed by atoms with Gasteiger partial charge in [0.05, 0.1) is 11.8 Å². The molecule has 2 N–H and O–H groups in total. The van der Waals surface area contributed by atoms with Gasteiger partial charge >= 0.3 is 0 Å². The maximum atomic E-state index is 5.57. The van der Waals surface area contributed by atoms with Gasteiger partial charge in [0.25, 0.3) is 0 Å². The third kappa shape index (κ3) is 2.25. The van der Waals surface area contributed by atoms with Crippen LogP contribution in [-0.4, -0.2) is 17.7 Å². The Morgan fingerprint density at radius 3 is 3.00 bits per heavy atom. The van der Waals surface area contributed by atoms with Crippen molar-refractivity contribution in [1.82, 2.24) is 4.98 Å². The standard InChI is InChI=1S/C10H16N2OS/c1-2-13-9-4-7(5-9)3-8-6-14-10(11)12-8/h6-7,9H,2-5H2,1H3,(H2,11,12). The van der Waals surface area contributed by atoms with Gasteiger partial charge in [-0.25, -0.2) is 4.98 Å². The summed E-state index contributed by atoms with van der Waals surface area (Å²) in [6.45, 7) is 2.88. The van der Waals surface area contributed by atoms with Crippen molar-refractivity contribution in [1.29, 1.82) is 0 Å². The average Bonchev–Trinajstić information content (AvgIpc) is 2.48. The van der Waals surface area contributed by atoms with E-state index in [1.807, 2.05) is 0 Å². The molecule has 1 saturated carbocycles. The Hall–Kier alpha value is -0.610. The third-order valence-electron chi connectivity index (χ3n) is 2.66. The molecule has 1 aromatic heterocycles. The van der Waals surface area contributed by atoms with Crippen LogP contribution < -0.4 is 5.73 Å². The van der Waals surface area contributed by atoms with Crippen molar-refractivity contribution >= 4 is 16.5 Å². The van der Waals surface area contributed by atoms with Gasteiger partial charge in [0, 0.05) is 12.0 Å². The summed E-state index contributed by atoms with van der Waals surface area (Å²) in [4.78, 5) is 4.26. The summed E-state index contributed by atoms with van der Waals surface area (Å²) in [6.07, 6.45) is 3.94. The van der Waals surface area contributed by atoms with Crippen LogP contribution in [0.15, 0.2) is 5.38 Å². The molecule has 4 heteroatoms. The molecule has 0 aromatic carbocycles. The number of hydrogen-bond donors (Lipinski definition) is 1. The average molecular weight is 212 g/mol. The quantitative estimate of drug-likeness (QED) is 0.831. The van der Waals surface area contributed by atoms with Crippen molar-refractivity contribution in [3.63, 3.8) is 0 Å². The van der Waals surface area contributed by atoms with Gasteiger partial charge in [0.1, 0.15) is 0 Å². The molecule has 0 spiro atoms. The Labute approximate surface area is 88.3 Å². The van der Waals surface area contributed by atoms with E-state index in [2.05, 4.69) is 17.3 Å². The molecule has 0 bridgehead atoms. The van der Waals surface area contributed by atoms with Crippen LogP contribution in [0, 0.1) is 5.92 Å². The monoisotopic (exact) mass is 212 g/mol. The minimum absolute atomic E-state index is 0.501. The normalized spacial score (nSPS) is 26.1. The zero-order chi connectivity index (χ0) is 9.97. The van der Waals surface area contributed by atoms with Gasteiger partial charge in [0.15, 0.2) is 5.13 Å². The van der Waals surface area contributed by atoms with Gasteiger partial charge in [-0.05, 0) is 32.1 Å². The second-order valence-electron chi connectivity index (χ2n) is 3.80. The highest BCUT2D eigenvalue weighted by Crippen LogP contribution is 2.33. The van der Waals surface area contributed by atoms with Gasteiger partial charge in [-0.15, -0.1) is 11.3 Å². The van der Waals surface area contributed by atoms with E-state index < -0.39 is 0 Å². The molecule has 0 amide bonds. The van der Waals surface area contributed by atoms with E-state index in [9.17, 15) is 0 Å². The lowest BCUT2D eigenvalue weighted by Gasteiger charge is -2.34. The van der Waals surface area contributed by atoms with Crippen molar-refractivity contribution in [3.05, 3.63) is 11.1 Å². The number of rotatable bonds is 4. The molecule has 0 saturated heterocycles. The summed E-state index contributed by atoms with van der Waals surface area (Å²) < 4.78 is 5.51. The Morgan fingerprint density at radius 2 is 2.43 bits per heavy atom. The van der Waals surface area contributed by atoms with E-state index in [1.165, 1.54) is 24.2 Å². The zero-order valence-corrected chi connectivity index (χ0v) is 9.22. The molecule has 0 aliphatic heterocycles. The number of aromatic nitrogens is 1. The predicted molar refractivity (Wildman–Crippen MR) is 58.4 cm³/mol. The number of nitrogens with zero attached hydrogens (tertiary/aromatic N) is 1. The van der Waals surface area contributed by atoms with Crippen LogP contribution in [0.1, 0.15) is 25.5 Å². The first-order valence-corrected chi connectivity index (χ1v) is 5.97. The highest BCUT2D eigenvalue weighted by Gasteiger charge is 2.29. The van der Waals surface area contributed by atoms with E-state index in [-0.39, 0.29) is 0 Å². The van der Waals surface area contributed by atoms with Crippen molar-refractivity contribution in [2.24, 2.45) is 5.92 Å². The summed E-state index contributed by atoms with van der Waals surface area (Å²) >= 11 is 1.53. The first kappa shape index (κ1) is 9.93. The first-order valence-electron chi connectivity index (χ1n) is 5.09. The lowest BCUT2D eigenvalue weighted by molar-refractivity contribution is -0.0242. The maximum absolute atomic E-state index is 5.57. The van der Waals surface area contributed by atoms with Crippen molar-refractivity contribution < 1.29 is 4.74 Å².